The van der Waals surface area contributed by atoms with Crippen molar-refractivity contribution in [2.24, 2.45) is 0 Å². The molecular formula is C18H21NO3. The molecule has 0 amide bonds. The standard InChI is InChI=1S/C18H21NO3/c1-11-17-16(21-18(2,3)22-17)10-15(20-11)13-8-9-19-14-7-5-4-6-12(13)14/h4-9,11,15-17H,10H2,1-3H3. The van der Waals surface area contributed by atoms with Crippen molar-refractivity contribution in [3.8, 4) is 0 Å². The number of para-hydroxylation sites is 1. The molecular weight excluding hydrogens is 278 g/mol. The van der Waals surface area contributed by atoms with E-state index in [9.17, 15) is 0 Å². The molecule has 2 aromatic rings. The van der Waals surface area contributed by atoms with Gasteiger partial charge in [-0.3, -0.25) is 4.98 Å². The van der Waals surface area contributed by atoms with Crippen LogP contribution in [0.4, 0.5) is 0 Å². The van der Waals surface area contributed by atoms with Crippen molar-refractivity contribution in [1.82, 2.24) is 4.98 Å². The van der Waals surface area contributed by atoms with Crippen molar-refractivity contribution < 1.29 is 14.2 Å². The van der Waals surface area contributed by atoms with Gasteiger partial charge in [0.2, 0.25) is 0 Å². The second-order valence-electron chi connectivity index (χ2n) is 6.62. The maximum Gasteiger partial charge on any atom is 0.163 e. The fraction of sp³-hybridized carbons (Fsp3) is 0.500. The van der Waals surface area contributed by atoms with Crippen molar-refractivity contribution >= 4 is 10.9 Å². The molecule has 22 heavy (non-hydrogen) atoms. The van der Waals surface area contributed by atoms with Crippen LogP contribution in [0.15, 0.2) is 36.5 Å². The molecule has 0 radical (unpaired) electrons. The third-order valence-electron chi connectivity index (χ3n) is 4.54. The summed E-state index contributed by atoms with van der Waals surface area (Å²) in [5.74, 6) is -0.526. The van der Waals surface area contributed by atoms with Gasteiger partial charge in [-0.05, 0) is 38.5 Å². The zero-order valence-electron chi connectivity index (χ0n) is 13.2. The summed E-state index contributed by atoms with van der Waals surface area (Å²) < 4.78 is 18.3. The molecule has 0 bridgehead atoms. The van der Waals surface area contributed by atoms with Gasteiger partial charge in [-0.25, -0.2) is 0 Å². The Bertz CT molecular complexity index is 694. The van der Waals surface area contributed by atoms with Crippen LogP contribution < -0.4 is 0 Å². The Morgan fingerprint density at radius 1 is 1.14 bits per heavy atom. The van der Waals surface area contributed by atoms with Crippen molar-refractivity contribution in [2.75, 3.05) is 0 Å². The fourth-order valence-electron chi connectivity index (χ4n) is 3.65. The lowest BCUT2D eigenvalue weighted by Crippen LogP contribution is -2.42. The van der Waals surface area contributed by atoms with Gasteiger partial charge >= 0.3 is 0 Å². The summed E-state index contributed by atoms with van der Waals surface area (Å²) in [7, 11) is 0. The number of benzene rings is 1. The maximum absolute atomic E-state index is 6.25. The summed E-state index contributed by atoms with van der Waals surface area (Å²) in [6, 6.07) is 10.2. The highest BCUT2D eigenvalue weighted by atomic mass is 16.8. The molecule has 1 aromatic heterocycles. The normalized spacial score (nSPS) is 33.8. The van der Waals surface area contributed by atoms with Crippen LogP contribution in [-0.2, 0) is 14.2 Å². The second kappa shape index (κ2) is 5.01. The Labute approximate surface area is 130 Å². The number of ether oxygens (including phenoxy) is 3. The van der Waals surface area contributed by atoms with Crippen LogP contribution in [0.3, 0.4) is 0 Å². The van der Waals surface area contributed by atoms with E-state index in [1.165, 1.54) is 5.56 Å². The molecule has 4 atom stereocenters. The van der Waals surface area contributed by atoms with Gasteiger partial charge in [0.05, 0.1) is 23.8 Å². The molecule has 4 heteroatoms. The van der Waals surface area contributed by atoms with Crippen molar-refractivity contribution in [3.05, 3.63) is 42.1 Å². The topological polar surface area (TPSA) is 40.6 Å². The van der Waals surface area contributed by atoms with Gasteiger partial charge in [-0.2, -0.15) is 0 Å². The number of rotatable bonds is 1. The van der Waals surface area contributed by atoms with Crippen LogP contribution in [0.5, 0.6) is 0 Å². The molecule has 4 unspecified atom stereocenters. The van der Waals surface area contributed by atoms with Gasteiger partial charge in [0.15, 0.2) is 5.79 Å². The predicted molar refractivity (Wildman–Crippen MR) is 83.5 cm³/mol. The lowest BCUT2D eigenvalue weighted by atomic mass is 9.93. The molecule has 4 nitrogen and oxygen atoms in total. The SMILES string of the molecule is CC1OC(c2ccnc3ccccc23)CC2OC(C)(C)OC12. The quantitative estimate of drug-likeness (QED) is 0.806. The summed E-state index contributed by atoms with van der Waals surface area (Å²) in [6.07, 6.45) is 2.79. The molecule has 0 spiro atoms. The monoisotopic (exact) mass is 299 g/mol. The van der Waals surface area contributed by atoms with Gasteiger partial charge in [-0.15, -0.1) is 0 Å². The van der Waals surface area contributed by atoms with Crippen LogP contribution in [0, 0.1) is 0 Å². The predicted octanol–water partition coefficient (Wildman–Crippen LogP) is 3.60. The first-order chi connectivity index (χ1) is 10.5. The van der Waals surface area contributed by atoms with E-state index in [-0.39, 0.29) is 24.4 Å². The van der Waals surface area contributed by atoms with E-state index in [1.807, 2.05) is 38.2 Å². The Hall–Kier alpha value is -1.49. The van der Waals surface area contributed by atoms with E-state index in [1.54, 1.807) is 0 Å². The molecule has 4 rings (SSSR count). The van der Waals surface area contributed by atoms with Gasteiger partial charge in [0.25, 0.3) is 0 Å². The first-order valence-electron chi connectivity index (χ1n) is 7.88. The lowest BCUT2D eigenvalue weighted by molar-refractivity contribution is -0.155. The highest BCUT2D eigenvalue weighted by Crippen LogP contribution is 2.42. The number of pyridine rings is 1. The van der Waals surface area contributed by atoms with E-state index in [0.29, 0.717) is 0 Å². The molecule has 2 aliphatic heterocycles. The average molecular weight is 299 g/mol. The summed E-state index contributed by atoms with van der Waals surface area (Å²) in [5, 5.41) is 1.15. The number of fused-ring (bicyclic) bond motifs is 2. The minimum absolute atomic E-state index is 0.0115. The minimum atomic E-state index is -0.526. The van der Waals surface area contributed by atoms with Crippen LogP contribution in [0.1, 0.15) is 38.9 Å². The Morgan fingerprint density at radius 2 is 1.95 bits per heavy atom. The first-order valence-corrected chi connectivity index (χ1v) is 7.88. The third kappa shape index (κ3) is 2.32. The van der Waals surface area contributed by atoms with Gasteiger partial charge in [0, 0.05) is 18.0 Å². The van der Waals surface area contributed by atoms with Gasteiger partial charge in [-0.1, -0.05) is 18.2 Å². The summed E-state index contributed by atoms with van der Waals surface area (Å²) in [4.78, 5) is 4.43. The zero-order chi connectivity index (χ0) is 15.3. The van der Waals surface area contributed by atoms with Crippen LogP contribution in [0.25, 0.3) is 10.9 Å². The molecule has 2 saturated heterocycles. The maximum atomic E-state index is 6.25. The molecule has 1 aromatic carbocycles. The van der Waals surface area contributed by atoms with Crippen LogP contribution in [-0.4, -0.2) is 29.1 Å². The molecule has 116 valence electrons. The fourth-order valence-corrected chi connectivity index (χ4v) is 3.65. The number of nitrogens with zero attached hydrogens (tertiary/aromatic N) is 1. The highest BCUT2D eigenvalue weighted by Gasteiger charge is 2.48. The molecule has 0 aliphatic carbocycles. The van der Waals surface area contributed by atoms with E-state index < -0.39 is 5.79 Å². The average Bonchev–Trinajstić information content (AvgIpc) is 2.81. The summed E-state index contributed by atoms with van der Waals surface area (Å²) >= 11 is 0. The second-order valence-corrected chi connectivity index (χ2v) is 6.62. The van der Waals surface area contributed by atoms with E-state index >= 15 is 0 Å². The van der Waals surface area contributed by atoms with E-state index in [2.05, 4.69) is 24.0 Å². The summed E-state index contributed by atoms with van der Waals surface area (Å²) in [6.45, 7) is 6.00. The number of aromatic nitrogens is 1. The molecule has 2 fully saturated rings. The largest absolute Gasteiger partial charge is 0.368 e. The Balaban J connectivity index is 1.69. The smallest absolute Gasteiger partial charge is 0.163 e. The molecule has 2 aliphatic rings. The van der Waals surface area contributed by atoms with Gasteiger partial charge in [0.1, 0.15) is 6.10 Å². The Kier molecular flexibility index (Phi) is 3.22. The summed E-state index contributed by atoms with van der Waals surface area (Å²) in [5.41, 5.74) is 2.19. The number of hydrogen-bond acceptors (Lipinski definition) is 4. The van der Waals surface area contributed by atoms with E-state index in [4.69, 9.17) is 14.2 Å². The van der Waals surface area contributed by atoms with Crippen LogP contribution >= 0.6 is 0 Å². The molecule has 3 heterocycles. The van der Waals surface area contributed by atoms with Crippen molar-refractivity contribution in [2.45, 2.75) is 57.4 Å². The lowest BCUT2D eigenvalue weighted by Gasteiger charge is -2.35. The zero-order valence-corrected chi connectivity index (χ0v) is 13.2. The Morgan fingerprint density at radius 3 is 2.82 bits per heavy atom. The first kappa shape index (κ1) is 14.1. The highest BCUT2D eigenvalue weighted by molar-refractivity contribution is 5.82. The van der Waals surface area contributed by atoms with Crippen LogP contribution in [0.2, 0.25) is 0 Å². The molecule has 0 saturated carbocycles. The van der Waals surface area contributed by atoms with E-state index in [0.717, 1.165) is 17.3 Å². The number of hydrogen-bond donors (Lipinski definition) is 0. The minimum Gasteiger partial charge on any atom is -0.368 e. The third-order valence-corrected chi connectivity index (χ3v) is 4.54. The van der Waals surface area contributed by atoms with Gasteiger partial charge < -0.3 is 14.2 Å². The van der Waals surface area contributed by atoms with Crippen molar-refractivity contribution in [1.29, 1.82) is 0 Å². The molecule has 0 N–H and O–H groups in total. The van der Waals surface area contributed by atoms with Crippen molar-refractivity contribution in [3.63, 3.8) is 0 Å².